The summed E-state index contributed by atoms with van der Waals surface area (Å²) < 4.78 is 10.3. The maximum atomic E-state index is 10.8. The zero-order chi connectivity index (χ0) is 9.68. The van der Waals surface area contributed by atoms with Crippen LogP contribution in [0.1, 0.15) is 26.2 Å². The van der Waals surface area contributed by atoms with Crippen LogP contribution in [0, 0.1) is 0 Å². The van der Waals surface area contributed by atoms with Gasteiger partial charge in [-0.15, -0.1) is 0 Å². The molecule has 1 aliphatic rings. The van der Waals surface area contributed by atoms with Crippen molar-refractivity contribution in [1.82, 2.24) is 0 Å². The molecule has 0 saturated carbocycles. The Bertz CT molecular complexity index is 169. The van der Waals surface area contributed by atoms with Gasteiger partial charge < -0.3 is 14.6 Å². The molecule has 0 aromatic rings. The van der Waals surface area contributed by atoms with Crippen LogP contribution < -0.4 is 0 Å². The summed E-state index contributed by atoms with van der Waals surface area (Å²) in [4.78, 5) is 10.8. The lowest BCUT2D eigenvalue weighted by Crippen LogP contribution is -2.19. The lowest BCUT2D eigenvalue weighted by atomic mass is 10.2. The first-order valence-corrected chi connectivity index (χ1v) is 4.64. The van der Waals surface area contributed by atoms with Crippen molar-refractivity contribution in [3.8, 4) is 0 Å². The largest absolute Gasteiger partial charge is 0.463 e. The van der Waals surface area contributed by atoms with Crippen molar-refractivity contribution >= 4 is 5.97 Å². The van der Waals surface area contributed by atoms with Crippen molar-refractivity contribution in [3.63, 3.8) is 0 Å². The van der Waals surface area contributed by atoms with Crippen LogP contribution >= 0.6 is 0 Å². The Balaban J connectivity index is 2.09. The van der Waals surface area contributed by atoms with E-state index in [4.69, 9.17) is 14.6 Å². The Morgan fingerprint density at radius 2 is 2.38 bits per heavy atom. The minimum Gasteiger partial charge on any atom is -0.463 e. The molecule has 1 N–H and O–H groups in total. The number of ether oxygens (including phenoxy) is 2. The molecule has 2 unspecified atom stereocenters. The second kappa shape index (κ2) is 5.19. The van der Waals surface area contributed by atoms with Crippen LogP contribution in [0.15, 0.2) is 0 Å². The molecule has 0 amide bonds. The zero-order valence-corrected chi connectivity index (χ0v) is 7.86. The van der Waals surface area contributed by atoms with Crippen molar-refractivity contribution in [2.45, 2.75) is 38.4 Å². The fourth-order valence-corrected chi connectivity index (χ4v) is 1.36. The molecule has 1 saturated heterocycles. The van der Waals surface area contributed by atoms with E-state index in [1.165, 1.54) is 0 Å². The van der Waals surface area contributed by atoms with Gasteiger partial charge in [0.15, 0.2) is 0 Å². The van der Waals surface area contributed by atoms with E-state index in [1.54, 1.807) is 0 Å². The van der Waals surface area contributed by atoms with Gasteiger partial charge in [-0.3, -0.25) is 4.79 Å². The van der Waals surface area contributed by atoms with Gasteiger partial charge in [0.05, 0.1) is 25.2 Å². The fraction of sp³-hybridized carbons (Fsp3) is 0.889. The highest BCUT2D eigenvalue weighted by molar-refractivity contribution is 5.69. The molecule has 0 bridgehead atoms. The normalized spacial score (nSPS) is 27.5. The first-order valence-electron chi connectivity index (χ1n) is 4.64. The van der Waals surface area contributed by atoms with Crippen molar-refractivity contribution in [3.05, 3.63) is 0 Å². The summed E-state index contributed by atoms with van der Waals surface area (Å²) in [5.74, 6) is -0.356. The number of hydrogen-bond donors (Lipinski definition) is 1. The summed E-state index contributed by atoms with van der Waals surface area (Å²) in [6.45, 7) is 2.18. The smallest absolute Gasteiger partial charge is 0.308 e. The summed E-state index contributed by atoms with van der Waals surface area (Å²) in [7, 11) is 0. The molecule has 13 heavy (non-hydrogen) atoms. The van der Waals surface area contributed by atoms with Crippen LogP contribution in [-0.4, -0.2) is 36.5 Å². The number of rotatable bonds is 4. The predicted molar refractivity (Wildman–Crippen MR) is 46.2 cm³/mol. The first-order chi connectivity index (χ1) is 6.22. The highest BCUT2D eigenvalue weighted by atomic mass is 16.6. The summed E-state index contributed by atoms with van der Waals surface area (Å²) in [5, 5.41) is 8.44. The third kappa shape index (κ3) is 3.74. The number of carbonyl (C=O) groups excluding carboxylic acids is 1. The standard InChI is InChI=1S/C9H16O4/c1-7-2-3-8(13-7)6-12-9(11)4-5-10/h7-8,10H,2-6H2,1H3. The van der Waals surface area contributed by atoms with E-state index in [0.29, 0.717) is 6.61 Å². The van der Waals surface area contributed by atoms with Gasteiger partial charge in [-0.25, -0.2) is 0 Å². The van der Waals surface area contributed by atoms with Gasteiger partial charge in [0.2, 0.25) is 0 Å². The SMILES string of the molecule is CC1CCC(COC(=O)CCO)O1. The van der Waals surface area contributed by atoms with Gasteiger partial charge in [-0.1, -0.05) is 0 Å². The van der Waals surface area contributed by atoms with Crippen LogP contribution in [0.5, 0.6) is 0 Å². The van der Waals surface area contributed by atoms with Crippen molar-refractivity contribution in [2.24, 2.45) is 0 Å². The van der Waals surface area contributed by atoms with Crippen molar-refractivity contribution in [1.29, 1.82) is 0 Å². The Labute approximate surface area is 77.8 Å². The summed E-state index contributed by atoms with van der Waals surface area (Å²) in [6.07, 6.45) is 2.39. The minimum absolute atomic E-state index is 0.0534. The Hall–Kier alpha value is -0.610. The van der Waals surface area contributed by atoms with Crippen LogP contribution in [-0.2, 0) is 14.3 Å². The topological polar surface area (TPSA) is 55.8 Å². The highest BCUT2D eigenvalue weighted by Gasteiger charge is 2.22. The third-order valence-corrected chi connectivity index (χ3v) is 2.07. The number of aliphatic hydroxyl groups is 1. The van der Waals surface area contributed by atoms with E-state index < -0.39 is 0 Å². The molecule has 2 atom stereocenters. The van der Waals surface area contributed by atoms with E-state index in [1.807, 2.05) is 6.92 Å². The molecule has 4 nitrogen and oxygen atoms in total. The quantitative estimate of drug-likeness (QED) is 0.652. The Kier molecular flexibility index (Phi) is 4.18. The van der Waals surface area contributed by atoms with Gasteiger partial charge in [-0.2, -0.15) is 0 Å². The van der Waals surface area contributed by atoms with Gasteiger partial charge in [-0.05, 0) is 19.8 Å². The molecule has 1 fully saturated rings. The maximum absolute atomic E-state index is 10.8. The van der Waals surface area contributed by atoms with E-state index in [-0.39, 0.29) is 31.2 Å². The van der Waals surface area contributed by atoms with E-state index in [2.05, 4.69) is 0 Å². The molecule has 0 spiro atoms. The summed E-state index contributed by atoms with van der Waals surface area (Å²) in [5.41, 5.74) is 0. The Morgan fingerprint density at radius 3 is 2.92 bits per heavy atom. The molecule has 76 valence electrons. The highest BCUT2D eigenvalue weighted by Crippen LogP contribution is 2.19. The molecular weight excluding hydrogens is 172 g/mol. The summed E-state index contributed by atoms with van der Waals surface area (Å²) >= 11 is 0. The number of hydrogen-bond acceptors (Lipinski definition) is 4. The molecule has 0 aromatic heterocycles. The van der Waals surface area contributed by atoms with Gasteiger partial charge >= 0.3 is 5.97 Å². The fourth-order valence-electron chi connectivity index (χ4n) is 1.36. The second-order valence-electron chi connectivity index (χ2n) is 3.30. The monoisotopic (exact) mass is 188 g/mol. The molecule has 0 aromatic carbocycles. The summed E-state index contributed by atoms with van der Waals surface area (Å²) in [6, 6.07) is 0. The van der Waals surface area contributed by atoms with Crippen molar-refractivity contribution < 1.29 is 19.4 Å². The van der Waals surface area contributed by atoms with Crippen LogP contribution in [0.25, 0.3) is 0 Å². The maximum Gasteiger partial charge on any atom is 0.308 e. The lowest BCUT2D eigenvalue weighted by molar-refractivity contribution is -0.148. The zero-order valence-electron chi connectivity index (χ0n) is 7.86. The number of carbonyl (C=O) groups is 1. The van der Waals surface area contributed by atoms with Gasteiger partial charge in [0, 0.05) is 0 Å². The predicted octanol–water partition coefficient (Wildman–Crippen LogP) is 0.479. The average molecular weight is 188 g/mol. The molecule has 0 radical (unpaired) electrons. The van der Waals surface area contributed by atoms with Crippen LogP contribution in [0.3, 0.4) is 0 Å². The van der Waals surface area contributed by atoms with Gasteiger partial charge in [0.25, 0.3) is 0 Å². The van der Waals surface area contributed by atoms with E-state index in [9.17, 15) is 4.79 Å². The van der Waals surface area contributed by atoms with Gasteiger partial charge in [0.1, 0.15) is 6.61 Å². The average Bonchev–Trinajstić information content (AvgIpc) is 2.49. The van der Waals surface area contributed by atoms with Crippen LogP contribution in [0.4, 0.5) is 0 Å². The minimum atomic E-state index is -0.356. The van der Waals surface area contributed by atoms with E-state index in [0.717, 1.165) is 12.8 Å². The molecule has 4 heteroatoms. The van der Waals surface area contributed by atoms with Crippen LogP contribution in [0.2, 0.25) is 0 Å². The molecule has 1 rings (SSSR count). The molecule has 0 aliphatic carbocycles. The van der Waals surface area contributed by atoms with E-state index >= 15 is 0 Å². The molecule has 1 aliphatic heterocycles. The Morgan fingerprint density at radius 1 is 1.62 bits per heavy atom. The number of aliphatic hydroxyl groups excluding tert-OH is 1. The number of esters is 1. The second-order valence-corrected chi connectivity index (χ2v) is 3.30. The molecular formula is C9H16O4. The van der Waals surface area contributed by atoms with Crippen molar-refractivity contribution in [2.75, 3.05) is 13.2 Å². The third-order valence-electron chi connectivity index (χ3n) is 2.07. The lowest BCUT2D eigenvalue weighted by Gasteiger charge is -2.10. The first kappa shape index (κ1) is 10.5. The molecule has 1 heterocycles.